The summed E-state index contributed by atoms with van der Waals surface area (Å²) in [6, 6.07) is 20.1. The van der Waals surface area contributed by atoms with Crippen molar-refractivity contribution in [3.63, 3.8) is 0 Å². The second kappa shape index (κ2) is 9.82. The van der Waals surface area contributed by atoms with Gasteiger partial charge in [0.1, 0.15) is 5.75 Å². The van der Waals surface area contributed by atoms with Crippen LogP contribution in [0.5, 0.6) is 5.75 Å². The number of halogens is 1. The van der Waals surface area contributed by atoms with Crippen LogP contribution in [-0.4, -0.2) is 28.7 Å². The van der Waals surface area contributed by atoms with E-state index in [4.69, 9.17) is 4.74 Å². The number of hydrogen-bond acceptors (Lipinski definition) is 5. The Morgan fingerprint density at radius 2 is 1.94 bits per heavy atom. The van der Waals surface area contributed by atoms with Crippen LogP contribution in [0.15, 0.2) is 78.0 Å². The fourth-order valence-corrected chi connectivity index (χ4v) is 3.86. The zero-order chi connectivity index (χ0) is 23.4. The van der Waals surface area contributed by atoms with Gasteiger partial charge in [-0.1, -0.05) is 30.3 Å². The van der Waals surface area contributed by atoms with Crippen LogP contribution >= 0.6 is 22.6 Å². The lowest BCUT2D eigenvalue weighted by Gasteiger charge is -2.06. The zero-order valence-electron chi connectivity index (χ0n) is 17.6. The number of aromatic nitrogens is 1. The van der Waals surface area contributed by atoms with E-state index in [1.165, 1.54) is 28.4 Å². The second-order valence-electron chi connectivity index (χ2n) is 7.20. The summed E-state index contributed by atoms with van der Waals surface area (Å²) in [5.74, 6) is -0.378. The summed E-state index contributed by atoms with van der Waals surface area (Å²) in [6.45, 7) is 0.697. The number of carbonyl (C=O) groups excluding carboxylic acids is 1. The van der Waals surface area contributed by atoms with Crippen molar-refractivity contribution in [1.82, 2.24) is 9.99 Å². The number of nitrogens with one attached hydrogen (secondary N) is 1. The highest BCUT2D eigenvalue weighted by atomic mass is 127. The quantitative estimate of drug-likeness (QED) is 0.151. The van der Waals surface area contributed by atoms with Crippen LogP contribution < -0.4 is 10.2 Å². The maximum absolute atomic E-state index is 12.6. The second-order valence-corrected chi connectivity index (χ2v) is 8.44. The van der Waals surface area contributed by atoms with Crippen LogP contribution in [0.3, 0.4) is 0 Å². The average Bonchev–Trinajstić information content (AvgIpc) is 3.17. The molecule has 166 valence electrons. The molecule has 1 N–H and O–H groups in total. The topological polar surface area (TPSA) is 98.8 Å². The summed E-state index contributed by atoms with van der Waals surface area (Å²) in [4.78, 5) is 23.1. The Kier molecular flexibility index (Phi) is 6.68. The van der Waals surface area contributed by atoms with Crippen molar-refractivity contribution in [2.45, 2.75) is 6.54 Å². The van der Waals surface area contributed by atoms with Gasteiger partial charge in [0.25, 0.3) is 11.6 Å². The molecule has 0 aliphatic heterocycles. The monoisotopic (exact) mass is 554 g/mol. The van der Waals surface area contributed by atoms with E-state index < -0.39 is 10.8 Å². The SMILES string of the molecule is COc1ccc([N+](=O)[O-])cc1C(=O)N/N=C\c1cn(Cc2ccc(I)cc2)c2ccccc12. The number of rotatable bonds is 7. The summed E-state index contributed by atoms with van der Waals surface area (Å²) >= 11 is 2.28. The molecule has 3 aromatic carbocycles. The van der Waals surface area contributed by atoms with Gasteiger partial charge in [0.15, 0.2) is 0 Å². The lowest BCUT2D eigenvalue weighted by molar-refractivity contribution is -0.384. The first kappa shape index (κ1) is 22.5. The van der Waals surface area contributed by atoms with Crippen LogP contribution in [0, 0.1) is 13.7 Å². The minimum atomic E-state index is -0.602. The highest BCUT2D eigenvalue weighted by molar-refractivity contribution is 14.1. The van der Waals surface area contributed by atoms with Gasteiger partial charge in [-0.05, 0) is 52.4 Å². The number of hydrazone groups is 1. The molecular weight excluding hydrogens is 535 g/mol. The van der Waals surface area contributed by atoms with Crippen molar-refractivity contribution < 1.29 is 14.5 Å². The molecule has 0 spiro atoms. The molecular formula is C24H19IN4O4. The maximum Gasteiger partial charge on any atom is 0.275 e. The molecule has 4 aromatic rings. The van der Waals surface area contributed by atoms with E-state index in [9.17, 15) is 14.9 Å². The Hall–Kier alpha value is -3.73. The summed E-state index contributed by atoms with van der Waals surface area (Å²) < 4.78 is 8.46. The Balaban J connectivity index is 1.57. The highest BCUT2D eigenvalue weighted by Crippen LogP contribution is 2.24. The van der Waals surface area contributed by atoms with Crippen molar-refractivity contribution in [1.29, 1.82) is 0 Å². The number of amides is 1. The molecule has 0 aliphatic rings. The number of nitro benzene ring substituents is 1. The third kappa shape index (κ3) is 5.03. The van der Waals surface area contributed by atoms with E-state index in [1.807, 2.05) is 30.5 Å². The molecule has 8 nitrogen and oxygen atoms in total. The van der Waals surface area contributed by atoms with Crippen molar-refractivity contribution >= 4 is 51.3 Å². The van der Waals surface area contributed by atoms with Crippen LogP contribution in [0.25, 0.3) is 10.9 Å². The summed E-state index contributed by atoms with van der Waals surface area (Å²) in [6.07, 6.45) is 3.54. The minimum absolute atomic E-state index is 0.0324. The largest absolute Gasteiger partial charge is 0.496 e. The van der Waals surface area contributed by atoms with Crippen molar-refractivity contribution in [2.24, 2.45) is 5.10 Å². The summed E-state index contributed by atoms with van der Waals surface area (Å²) in [5, 5.41) is 16.1. The van der Waals surface area contributed by atoms with E-state index in [1.54, 1.807) is 6.21 Å². The van der Waals surface area contributed by atoms with Gasteiger partial charge in [0.2, 0.25) is 0 Å². The number of ether oxygens (including phenoxy) is 1. The van der Waals surface area contributed by atoms with E-state index in [-0.39, 0.29) is 17.0 Å². The number of non-ortho nitro benzene ring substituents is 1. The van der Waals surface area contributed by atoms with Gasteiger partial charge in [-0.15, -0.1) is 0 Å². The van der Waals surface area contributed by atoms with Crippen molar-refractivity contribution in [3.05, 3.63) is 103 Å². The molecule has 0 radical (unpaired) electrons. The predicted octanol–water partition coefficient (Wildman–Crippen LogP) is 4.97. The van der Waals surface area contributed by atoms with Gasteiger partial charge in [-0.25, -0.2) is 5.43 Å². The number of fused-ring (bicyclic) bond motifs is 1. The highest BCUT2D eigenvalue weighted by Gasteiger charge is 2.17. The fourth-order valence-electron chi connectivity index (χ4n) is 3.50. The first-order chi connectivity index (χ1) is 16.0. The van der Waals surface area contributed by atoms with E-state index in [0.29, 0.717) is 6.54 Å². The zero-order valence-corrected chi connectivity index (χ0v) is 19.7. The Bertz CT molecular complexity index is 1360. The number of nitro groups is 1. The van der Waals surface area contributed by atoms with Crippen LogP contribution in [0.4, 0.5) is 5.69 Å². The van der Waals surface area contributed by atoms with Gasteiger partial charge in [0, 0.05) is 44.9 Å². The van der Waals surface area contributed by atoms with E-state index >= 15 is 0 Å². The third-order valence-corrected chi connectivity index (χ3v) is 5.81. The number of para-hydroxylation sites is 1. The molecule has 0 saturated heterocycles. The third-order valence-electron chi connectivity index (χ3n) is 5.09. The maximum atomic E-state index is 12.6. The molecule has 9 heteroatoms. The molecule has 0 atom stereocenters. The van der Waals surface area contributed by atoms with E-state index in [2.05, 4.69) is 62.0 Å². The standard InChI is InChI=1S/C24H19IN4O4/c1-33-23-11-10-19(29(31)32)12-21(23)24(30)27-26-13-17-15-28(22-5-3-2-4-20(17)22)14-16-6-8-18(25)9-7-16/h2-13,15H,14H2,1H3,(H,27,30)/b26-13-. The molecule has 1 aromatic heterocycles. The van der Waals surface area contributed by atoms with Crippen molar-refractivity contribution in [3.8, 4) is 5.75 Å². The Morgan fingerprint density at radius 3 is 2.67 bits per heavy atom. The first-order valence-corrected chi connectivity index (χ1v) is 11.0. The van der Waals surface area contributed by atoms with Crippen molar-refractivity contribution in [2.75, 3.05) is 7.11 Å². The van der Waals surface area contributed by atoms with Gasteiger partial charge < -0.3 is 9.30 Å². The number of nitrogens with zero attached hydrogens (tertiary/aromatic N) is 3. The fraction of sp³-hybridized carbons (Fsp3) is 0.0833. The first-order valence-electron chi connectivity index (χ1n) is 9.94. The summed E-state index contributed by atoms with van der Waals surface area (Å²) in [7, 11) is 1.39. The number of benzene rings is 3. The van der Waals surface area contributed by atoms with Crippen LogP contribution in [0.1, 0.15) is 21.5 Å². The molecule has 0 saturated carbocycles. The minimum Gasteiger partial charge on any atom is -0.496 e. The van der Waals surface area contributed by atoms with Gasteiger partial charge in [-0.3, -0.25) is 14.9 Å². The molecule has 1 heterocycles. The Labute approximate surface area is 203 Å². The molecule has 4 rings (SSSR count). The number of carbonyl (C=O) groups is 1. The summed E-state index contributed by atoms with van der Waals surface area (Å²) in [5.41, 5.74) is 5.32. The predicted molar refractivity (Wildman–Crippen MR) is 135 cm³/mol. The van der Waals surface area contributed by atoms with Gasteiger partial charge >= 0.3 is 0 Å². The molecule has 0 aliphatic carbocycles. The van der Waals surface area contributed by atoms with Crippen LogP contribution in [0.2, 0.25) is 0 Å². The van der Waals surface area contributed by atoms with Crippen LogP contribution in [-0.2, 0) is 6.54 Å². The lowest BCUT2D eigenvalue weighted by Crippen LogP contribution is -2.18. The lowest BCUT2D eigenvalue weighted by atomic mass is 10.1. The number of hydrogen-bond donors (Lipinski definition) is 1. The molecule has 0 unspecified atom stereocenters. The normalized spacial score (nSPS) is 11.1. The van der Waals surface area contributed by atoms with Gasteiger partial charge in [0.05, 0.1) is 23.8 Å². The molecule has 33 heavy (non-hydrogen) atoms. The van der Waals surface area contributed by atoms with E-state index in [0.717, 1.165) is 22.5 Å². The average molecular weight is 554 g/mol. The molecule has 0 bridgehead atoms. The smallest absolute Gasteiger partial charge is 0.275 e. The Morgan fingerprint density at radius 1 is 1.18 bits per heavy atom. The van der Waals surface area contributed by atoms with Gasteiger partial charge in [-0.2, -0.15) is 5.10 Å². The molecule has 0 fully saturated rings. The number of methoxy groups -OCH3 is 1. The molecule has 1 amide bonds.